The van der Waals surface area contributed by atoms with Crippen molar-refractivity contribution in [2.75, 3.05) is 13.7 Å². The molecule has 0 saturated carbocycles. The predicted molar refractivity (Wildman–Crippen MR) is 97.7 cm³/mol. The number of hydrazone groups is 1. The average Bonchev–Trinajstić information content (AvgIpc) is 2.57. The van der Waals surface area contributed by atoms with Crippen LogP contribution in [0, 0.1) is 0 Å². The van der Waals surface area contributed by atoms with Gasteiger partial charge in [0.15, 0.2) is 18.1 Å². The normalized spacial score (nSPS) is 10.6. The van der Waals surface area contributed by atoms with Gasteiger partial charge in [-0.3, -0.25) is 4.79 Å². The second-order valence-electron chi connectivity index (χ2n) is 4.56. The summed E-state index contributed by atoms with van der Waals surface area (Å²) in [6.07, 6.45) is 1.34. The highest BCUT2D eigenvalue weighted by Gasteiger charge is 2.07. The number of halogens is 2. The van der Waals surface area contributed by atoms with Crippen LogP contribution in [-0.2, 0) is 4.79 Å². The molecule has 0 heterocycles. The molecule has 24 heavy (non-hydrogen) atoms. The number of amides is 1. The number of benzene rings is 2. The number of rotatable bonds is 6. The van der Waals surface area contributed by atoms with Gasteiger partial charge < -0.3 is 14.6 Å². The highest BCUT2D eigenvalue weighted by Crippen LogP contribution is 2.30. The van der Waals surface area contributed by atoms with E-state index >= 15 is 0 Å². The summed E-state index contributed by atoms with van der Waals surface area (Å²) in [5, 5.41) is 13.7. The number of para-hydroxylation sites is 2. The molecule has 0 radical (unpaired) electrons. The number of carbonyl (C=O) groups is 1. The molecule has 2 N–H and O–H groups in total. The molecule has 0 aliphatic rings. The number of aromatic hydroxyl groups is 1. The van der Waals surface area contributed by atoms with Gasteiger partial charge in [0.1, 0.15) is 5.75 Å². The molecule has 0 aromatic heterocycles. The molecule has 2 aromatic carbocycles. The summed E-state index contributed by atoms with van der Waals surface area (Å²) in [6, 6.07) is 10.4. The van der Waals surface area contributed by atoms with E-state index < -0.39 is 5.91 Å². The first kappa shape index (κ1) is 18.3. The Hall–Kier alpha value is -2.06. The van der Waals surface area contributed by atoms with Crippen LogP contribution in [0.4, 0.5) is 0 Å². The molecule has 0 spiro atoms. The maximum Gasteiger partial charge on any atom is 0.277 e. The van der Waals surface area contributed by atoms with Crippen LogP contribution in [0.15, 0.2) is 50.4 Å². The molecule has 0 fully saturated rings. The summed E-state index contributed by atoms with van der Waals surface area (Å²) in [5.74, 6) is 0.595. The smallest absolute Gasteiger partial charge is 0.277 e. The van der Waals surface area contributed by atoms with Crippen LogP contribution in [0.25, 0.3) is 0 Å². The number of carbonyl (C=O) groups excluding carboxylic acids is 1. The van der Waals surface area contributed by atoms with Gasteiger partial charge in [0.05, 0.1) is 17.8 Å². The molecule has 126 valence electrons. The minimum Gasteiger partial charge on any atom is -0.506 e. The van der Waals surface area contributed by atoms with Crippen molar-refractivity contribution in [3.05, 3.63) is 50.9 Å². The lowest BCUT2D eigenvalue weighted by Gasteiger charge is -2.09. The molecule has 0 aliphatic carbocycles. The van der Waals surface area contributed by atoms with E-state index in [1.807, 2.05) is 0 Å². The second-order valence-corrected chi connectivity index (χ2v) is 6.33. The highest BCUT2D eigenvalue weighted by molar-refractivity contribution is 9.11. The van der Waals surface area contributed by atoms with Crippen LogP contribution < -0.4 is 14.9 Å². The molecular formula is C16H14Br2N2O4. The number of hydrogen-bond donors (Lipinski definition) is 2. The standard InChI is InChI=1S/C16H14Br2N2O4/c1-23-13-4-2-3-5-14(13)24-9-15(21)20-19-8-10-6-11(17)7-12(18)16(10)22/h2-8,22H,9H2,1H3,(H,20,21)/b19-8-. The Morgan fingerprint density at radius 2 is 2.00 bits per heavy atom. The monoisotopic (exact) mass is 456 g/mol. The average molecular weight is 458 g/mol. The van der Waals surface area contributed by atoms with Crippen LogP contribution in [-0.4, -0.2) is 30.9 Å². The SMILES string of the molecule is COc1ccccc1OCC(=O)N/N=C\c1cc(Br)cc(Br)c1O. The zero-order valence-corrected chi connectivity index (χ0v) is 15.8. The number of nitrogens with zero attached hydrogens (tertiary/aromatic N) is 1. The van der Waals surface area contributed by atoms with Gasteiger partial charge in [-0.05, 0) is 40.2 Å². The van der Waals surface area contributed by atoms with E-state index in [1.54, 1.807) is 36.4 Å². The maximum atomic E-state index is 11.8. The first-order chi connectivity index (χ1) is 11.5. The number of hydrogen-bond acceptors (Lipinski definition) is 5. The zero-order chi connectivity index (χ0) is 17.5. The van der Waals surface area contributed by atoms with Crippen molar-refractivity contribution in [2.45, 2.75) is 0 Å². The predicted octanol–water partition coefficient (Wildman–Crippen LogP) is 3.45. The molecule has 1 amide bonds. The van der Waals surface area contributed by atoms with Gasteiger partial charge in [0, 0.05) is 10.0 Å². The molecule has 6 nitrogen and oxygen atoms in total. The Balaban J connectivity index is 1.92. The van der Waals surface area contributed by atoms with E-state index in [0.29, 0.717) is 21.5 Å². The van der Waals surface area contributed by atoms with Crippen LogP contribution in [0.1, 0.15) is 5.56 Å². The second kappa shape index (κ2) is 8.70. The number of methoxy groups -OCH3 is 1. The maximum absolute atomic E-state index is 11.8. The minimum atomic E-state index is -0.439. The van der Waals surface area contributed by atoms with Crippen molar-refractivity contribution in [1.29, 1.82) is 0 Å². The first-order valence-corrected chi connectivity index (χ1v) is 8.35. The van der Waals surface area contributed by atoms with Gasteiger partial charge in [-0.1, -0.05) is 28.1 Å². The lowest BCUT2D eigenvalue weighted by atomic mass is 10.2. The van der Waals surface area contributed by atoms with E-state index in [0.717, 1.165) is 4.47 Å². The molecule has 8 heteroatoms. The Morgan fingerprint density at radius 1 is 1.29 bits per heavy atom. The molecule has 0 unspecified atom stereocenters. The van der Waals surface area contributed by atoms with Crippen molar-refractivity contribution in [3.63, 3.8) is 0 Å². The third-order valence-corrected chi connectivity index (χ3v) is 3.94. The molecular weight excluding hydrogens is 444 g/mol. The van der Waals surface area contributed by atoms with E-state index in [9.17, 15) is 9.90 Å². The van der Waals surface area contributed by atoms with Crippen molar-refractivity contribution < 1.29 is 19.4 Å². The van der Waals surface area contributed by atoms with E-state index in [4.69, 9.17) is 9.47 Å². The van der Waals surface area contributed by atoms with Gasteiger partial charge in [-0.25, -0.2) is 5.43 Å². The third-order valence-electron chi connectivity index (χ3n) is 2.88. The van der Waals surface area contributed by atoms with Gasteiger partial charge in [0.2, 0.25) is 0 Å². The van der Waals surface area contributed by atoms with Crippen molar-refractivity contribution in [2.24, 2.45) is 5.10 Å². The van der Waals surface area contributed by atoms with Crippen molar-refractivity contribution >= 4 is 44.0 Å². The van der Waals surface area contributed by atoms with Crippen molar-refractivity contribution in [1.82, 2.24) is 5.43 Å². The topological polar surface area (TPSA) is 80.2 Å². The summed E-state index contributed by atoms with van der Waals surface area (Å²) in [5.41, 5.74) is 2.77. The first-order valence-electron chi connectivity index (χ1n) is 6.77. The minimum absolute atomic E-state index is 0.0291. The quantitative estimate of drug-likeness (QED) is 0.514. The van der Waals surface area contributed by atoms with Crippen molar-refractivity contribution in [3.8, 4) is 17.2 Å². The zero-order valence-electron chi connectivity index (χ0n) is 12.6. The van der Waals surface area contributed by atoms with Gasteiger partial charge in [-0.15, -0.1) is 0 Å². The summed E-state index contributed by atoms with van der Waals surface area (Å²) < 4.78 is 11.8. The lowest BCUT2D eigenvalue weighted by Crippen LogP contribution is -2.24. The molecule has 2 rings (SSSR count). The van der Waals surface area contributed by atoms with E-state index in [1.165, 1.54) is 13.3 Å². The van der Waals surface area contributed by atoms with Crippen LogP contribution in [0.2, 0.25) is 0 Å². The van der Waals surface area contributed by atoms with Crippen LogP contribution in [0.5, 0.6) is 17.2 Å². The van der Waals surface area contributed by atoms with Crippen LogP contribution in [0.3, 0.4) is 0 Å². The highest BCUT2D eigenvalue weighted by atomic mass is 79.9. The Kier molecular flexibility index (Phi) is 6.62. The molecule has 0 atom stereocenters. The molecule has 2 aromatic rings. The number of phenols is 1. The van der Waals surface area contributed by atoms with E-state index in [2.05, 4.69) is 42.4 Å². The summed E-state index contributed by atoms with van der Waals surface area (Å²) in [6.45, 7) is -0.216. The van der Waals surface area contributed by atoms with Gasteiger partial charge >= 0.3 is 0 Å². The van der Waals surface area contributed by atoms with E-state index in [-0.39, 0.29) is 12.4 Å². The summed E-state index contributed by atoms with van der Waals surface area (Å²) in [7, 11) is 1.52. The summed E-state index contributed by atoms with van der Waals surface area (Å²) in [4.78, 5) is 11.8. The Labute approximate surface area is 155 Å². The van der Waals surface area contributed by atoms with Crippen LogP contribution >= 0.6 is 31.9 Å². The number of phenolic OH excluding ortho intramolecular Hbond substituents is 1. The fraction of sp³-hybridized carbons (Fsp3) is 0.125. The Bertz CT molecular complexity index is 766. The molecule has 0 aliphatic heterocycles. The fourth-order valence-electron chi connectivity index (χ4n) is 1.77. The van der Waals surface area contributed by atoms with Gasteiger partial charge in [-0.2, -0.15) is 5.10 Å². The third kappa shape index (κ3) is 4.97. The molecule has 0 saturated heterocycles. The lowest BCUT2D eigenvalue weighted by molar-refractivity contribution is -0.123. The Morgan fingerprint density at radius 3 is 2.71 bits per heavy atom. The summed E-state index contributed by atoms with van der Waals surface area (Å²) >= 11 is 6.53. The van der Waals surface area contributed by atoms with Gasteiger partial charge in [0.25, 0.3) is 5.91 Å². The molecule has 0 bridgehead atoms. The fourth-order valence-corrected chi connectivity index (χ4v) is 3.03. The number of nitrogens with one attached hydrogen (secondary N) is 1. The number of ether oxygens (including phenoxy) is 2. The largest absolute Gasteiger partial charge is 0.506 e.